The Morgan fingerprint density at radius 3 is 1.50 bits per heavy atom. The zero-order chi connectivity index (χ0) is 2.71. The second kappa shape index (κ2) is 24.5. The maximum Gasteiger partial charge on any atom is 0 e. The minimum Gasteiger partial charge on any atom is -0.428 e. The molecule has 37 valence electrons. The van der Waals surface area contributed by atoms with Crippen LogP contribution in [-0.4, -0.2) is 11.7 Å². The number of rotatable bonds is 0. The third-order valence-electron chi connectivity index (χ3n) is 0. The van der Waals surface area contributed by atoms with E-state index in [9.17, 15) is 0 Å². The van der Waals surface area contributed by atoms with Gasteiger partial charge in [-0.1, -0.05) is 6.61 Å². The minimum atomic E-state index is 0. The van der Waals surface area contributed by atoms with E-state index in [1.807, 2.05) is 0 Å². The molecule has 0 aromatic heterocycles. The number of hydrogen-bond donors (Lipinski definition) is 1. The topological polar surface area (TPSA) is 20.2 Å². The molecule has 1 nitrogen and oxygen atoms in total. The van der Waals surface area contributed by atoms with Crippen molar-refractivity contribution < 1.29 is 96.6 Å². The van der Waals surface area contributed by atoms with Gasteiger partial charge in [0.25, 0.3) is 0 Å². The van der Waals surface area contributed by atoms with Crippen LogP contribution in [0.3, 0.4) is 0 Å². The van der Waals surface area contributed by atoms with Gasteiger partial charge < -0.3 is 12.0 Å². The Kier molecular flexibility index (Phi) is 93.9. The number of aliphatic hydroxyl groups excluding tert-OH is 1. The SMILES string of the molecule is [Ar].[CH2-]CO.[W].[Y]. The molecular weight excluding hydrogens is 353 g/mol. The van der Waals surface area contributed by atoms with E-state index in [0.717, 1.165) is 0 Å². The molecule has 0 spiro atoms. The van der Waals surface area contributed by atoms with Gasteiger partial charge in [0.2, 0.25) is 0 Å². The maximum atomic E-state index is 7.46. The Bertz CT molecular complexity index is 13.5. The molecular formula is C2H5ArOWY-. The average molecular weight is 358 g/mol. The van der Waals surface area contributed by atoms with Gasteiger partial charge in [0.1, 0.15) is 0 Å². The van der Waals surface area contributed by atoms with E-state index in [4.69, 9.17) is 5.11 Å². The van der Waals surface area contributed by atoms with Crippen molar-refractivity contribution in [1.82, 2.24) is 0 Å². The van der Waals surface area contributed by atoms with E-state index in [1.165, 1.54) is 0 Å². The third-order valence-corrected chi connectivity index (χ3v) is 0. The van der Waals surface area contributed by atoms with Crippen LogP contribution < -0.4 is 0 Å². The first kappa shape index (κ1) is 23.0. The van der Waals surface area contributed by atoms with Gasteiger partial charge in [-0.2, -0.15) is 0 Å². The van der Waals surface area contributed by atoms with Crippen molar-refractivity contribution in [2.75, 3.05) is 6.61 Å². The summed E-state index contributed by atoms with van der Waals surface area (Å²) < 4.78 is 0. The zero-order valence-corrected chi connectivity index (χ0v) is 9.68. The van der Waals surface area contributed by atoms with Crippen molar-refractivity contribution in [2.24, 2.45) is 0 Å². The van der Waals surface area contributed by atoms with Crippen LogP contribution >= 0.6 is 0 Å². The normalized spacial score (nSPS) is 3.00. The van der Waals surface area contributed by atoms with Crippen molar-refractivity contribution in [3.63, 3.8) is 0 Å². The van der Waals surface area contributed by atoms with E-state index in [-0.39, 0.29) is 98.1 Å². The van der Waals surface area contributed by atoms with Gasteiger partial charge in [0, 0.05) is 91.5 Å². The molecule has 0 unspecified atom stereocenters. The van der Waals surface area contributed by atoms with E-state index in [0.29, 0.717) is 0 Å². The van der Waals surface area contributed by atoms with Crippen LogP contribution in [0.1, 0.15) is 0 Å². The first-order valence-electron chi connectivity index (χ1n) is 0.816. The zero-order valence-electron chi connectivity index (χ0n) is 3.20. The van der Waals surface area contributed by atoms with Gasteiger partial charge in [0.15, 0.2) is 0 Å². The molecule has 0 heterocycles. The quantitative estimate of drug-likeness (QED) is 0.596. The molecule has 0 atom stereocenters. The Morgan fingerprint density at radius 2 is 1.50 bits per heavy atom. The summed E-state index contributed by atoms with van der Waals surface area (Å²) in [5.74, 6) is 0. The van der Waals surface area contributed by atoms with Crippen LogP contribution in [-0.2, 0) is 53.8 Å². The number of aliphatic hydroxyl groups is 1. The largest absolute Gasteiger partial charge is 0.428 e. The van der Waals surface area contributed by atoms with E-state index < -0.39 is 0 Å². The molecule has 0 aromatic carbocycles. The molecule has 0 aromatic rings. The molecule has 0 bridgehead atoms. The molecule has 0 rings (SSSR count). The second-order valence-corrected chi connectivity index (χ2v) is 0.224. The first-order chi connectivity index (χ1) is 1.41. The monoisotopic (exact) mass is 358 g/mol. The van der Waals surface area contributed by atoms with E-state index in [1.54, 1.807) is 0 Å². The molecule has 0 amide bonds. The van der Waals surface area contributed by atoms with Crippen molar-refractivity contribution in [1.29, 1.82) is 0 Å². The summed E-state index contributed by atoms with van der Waals surface area (Å²) in [7, 11) is 0. The molecule has 0 saturated heterocycles. The molecule has 0 fully saturated rings. The standard InChI is InChI=1S/C2H5O.Ar.W.Y/c1-2-3;;;/h3H,1-2H2;;;/q-1;;;. The Hall–Kier alpha value is 3.01. The van der Waals surface area contributed by atoms with E-state index in [2.05, 4.69) is 6.92 Å². The Labute approximate surface area is 108 Å². The smallest absolute Gasteiger partial charge is 0 e. The predicted molar refractivity (Wildman–Crippen MR) is 12.4 cm³/mol. The van der Waals surface area contributed by atoms with Gasteiger partial charge in [-0.05, 0) is 0 Å². The fourth-order valence-corrected chi connectivity index (χ4v) is 0. The van der Waals surface area contributed by atoms with Crippen molar-refractivity contribution in [3.05, 3.63) is 6.92 Å². The van der Waals surface area contributed by atoms with Crippen molar-refractivity contribution in [3.8, 4) is 0 Å². The first-order valence-corrected chi connectivity index (χ1v) is 0.816. The predicted octanol–water partition coefficient (Wildman–Crippen LogP) is -0.192. The molecule has 0 saturated carbocycles. The Morgan fingerprint density at radius 1 is 1.50 bits per heavy atom. The van der Waals surface area contributed by atoms with Crippen LogP contribution in [0.4, 0.5) is 0 Å². The molecule has 1 N–H and O–H groups in total. The van der Waals surface area contributed by atoms with Crippen LogP contribution in [0.5, 0.6) is 0 Å². The molecule has 0 aliphatic heterocycles. The van der Waals surface area contributed by atoms with E-state index >= 15 is 0 Å². The van der Waals surface area contributed by atoms with Crippen LogP contribution in [0, 0.1) is 44.7 Å². The number of hydrogen-bond acceptors (Lipinski definition) is 1. The summed E-state index contributed by atoms with van der Waals surface area (Å²) in [5.41, 5.74) is 0. The van der Waals surface area contributed by atoms with Crippen LogP contribution in [0.15, 0.2) is 0 Å². The maximum absolute atomic E-state index is 7.46. The van der Waals surface area contributed by atoms with Gasteiger partial charge in [-0.25, -0.2) is 0 Å². The van der Waals surface area contributed by atoms with Gasteiger partial charge >= 0.3 is 0 Å². The molecule has 1 radical (unpaired) electrons. The van der Waals surface area contributed by atoms with Crippen molar-refractivity contribution in [2.45, 2.75) is 0 Å². The summed E-state index contributed by atoms with van der Waals surface area (Å²) >= 11 is 0. The second-order valence-electron chi connectivity index (χ2n) is 0.224. The minimum absolute atomic E-state index is 0. The third kappa shape index (κ3) is 27.9. The van der Waals surface area contributed by atoms with Gasteiger partial charge in [-0.3, -0.25) is 0 Å². The molecule has 4 heteroatoms. The summed E-state index contributed by atoms with van der Waals surface area (Å²) in [6.07, 6.45) is 0. The average Bonchev–Trinajstić information content (AvgIpc) is 0.918. The summed E-state index contributed by atoms with van der Waals surface area (Å²) in [6.45, 7) is 3.04. The Balaban J connectivity index is -0.00000000667. The van der Waals surface area contributed by atoms with Gasteiger partial charge in [-0.15, -0.1) is 0 Å². The molecule has 0 aliphatic carbocycles. The fourth-order valence-electron chi connectivity index (χ4n) is 0. The van der Waals surface area contributed by atoms with Gasteiger partial charge in [0.05, 0.1) is 0 Å². The summed E-state index contributed by atoms with van der Waals surface area (Å²) in [5, 5.41) is 7.46. The summed E-state index contributed by atoms with van der Waals surface area (Å²) in [6, 6.07) is 0. The van der Waals surface area contributed by atoms with Crippen molar-refractivity contribution >= 4 is 0 Å². The van der Waals surface area contributed by atoms with Crippen LogP contribution in [0.2, 0.25) is 0 Å². The fraction of sp³-hybridized carbons (Fsp3) is 0.500. The molecule has 6 heavy (non-hydrogen) atoms. The van der Waals surface area contributed by atoms with Crippen LogP contribution in [0.25, 0.3) is 0 Å². The molecule has 0 aliphatic rings. The summed E-state index contributed by atoms with van der Waals surface area (Å²) in [4.78, 5) is 0.